The monoisotopic (exact) mass is 320 g/mol. The van der Waals surface area contributed by atoms with Crippen LogP contribution < -0.4 is 10.1 Å². The van der Waals surface area contributed by atoms with E-state index in [0.717, 1.165) is 26.0 Å². The molecular weight excluding hydrogens is 292 g/mol. The zero-order chi connectivity index (χ0) is 16.5. The van der Waals surface area contributed by atoms with Crippen molar-refractivity contribution in [3.63, 3.8) is 0 Å². The molecule has 3 rings (SSSR count). The second kappa shape index (κ2) is 6.38. The molecule has 0 saturated carbocycles. The molecule has 0 bridgehead atoms. The lowest BCUT2D eigenvalue weighted by Crippen LogP contribution is -2.42. The van der Waals surface area contributed by atoms with Crippen molar-refractivity contribution in [3.05, 3.63) is 23.9 Å². The molecule has 2 aliphatic heterocycles. The number of nitrogens with zero attached hydrogens (tertiary/aromatic N) is 1. The molecule has 0 aromatic carbocycles. The van der Waals surface area contributed by atoms with Crippen LogP contribution >= 0.6 is 0 Å². The van der Waals surface area contributed by atoms with Crippen LogP contribution in [0.2, 0.25) is 0 Å². The van der Waals surface area contributed by atoms with Crippen molar-refractivity contribution in [1.82, 2.24) is 10.3 Å². The molecule has 0 unspecified atom stereocenters. The molecule has 2 saturated heterocycles. The SMILES string of the molecule is CC1(C)C[C@@H](NCc2ccnc(O[C@H]3CCOC3)c2)C(C)(C)O1. The molecule has 0 aliphatic carbocycles. The number of pyridine rings is 1. The minimum atomic E-state index is -0.156. The Hall–Kier alpha value is -1.17. The van der Waals surface area contributed by atoms with Crippen molar-refractivity contribution in [2.24, 2.45) is 0 Å². The van der Waals surface area contributed by atoms with Gasteiger partial charge in [-0.05, 0) is 45.7 Å². The van der Waals surface area contributed by atoms with Gasteiger partial charge in [0.1, 0.15) is 6.10 Å². The van der Waals surface area contributed by atoms with E-state index in [2.05, 4.69) is 38.0 Å². The van der Waals surface area contributed by atoms with Gasteiger partial charge in [0.2, 0.25) is 5.88 Å². The lowest BCUT2D eigenvalue weighted by atomic mass is 9.94. The van der Waals surface area contributed by atoms with E-state index in [4.69, 9.17) is 14.2 Å². The van der Waals surface area contributed by atoms with Crippen LogP contribution in [0, 0.1) is 0 Å². The second-order valence-corrected chi connectivity index (χ2v) is 7.71. The van der Waals surface area contributed by atoms with Crippen LogP contribution in [-0.4, -0.2) is 41.5 Å². The fourth-order valence-electron chi connectivity index (χ4n) is 3.52. The van der Waals surface area contributed by atoms with E-state index in [1.165, 1.54) is 5.56 Å². The third-order valence-corrected chi connectivity index (χ3v) is 4.60. The van der Waals surface area contributed by atoms with E-state index >= 15 is 0 Å². The Morgan fingerprint density at radius 3 is 2.83 bits per heavy atom. The summed E-state index contributed by atoms with van der Waals surface area (Å²) in [5.74, 6) is 0.682. The van der Waals surface area contributed by atoms with Gasteiger partial charge in [-0.2, -0.15) is 0 Å². The van der Waals surface area contributed by atoms with Gasteiger partial charge < -0.3 is 19.5 Å². The maximum atomic E-state index is 6.14. The van der Waals surface area contributed by atoms with Gasteiger partial charge in [0.05, 0.1) is 24.4 Å². The summed E-state index contributed by atoms with van der Waals surface area (Å²) in [5, 5.41) is 3.63. The highest BCUT2D eigenvalue weighted by Gasteiger charge is 2.45. The Kier molecular flexibility index (Phi) is 4.63. The average molecular weight is 320 g/mol. The molecule has 5 heteroatoms. The zero-order valence-electron chi connectivity index (χ0n) is 14.6. The average Bonchev–Trinajstić information content (AvgIpc) is 3.02. The summed E-state index contributed by atoms with van der Waals surface area (Å²) in [6.45, 7) is 10.8. The van der Waals surface area contributed by atoms with Gasteiger partial charge in [0.15, 0.2) is 0 Å². The third kappa shape index (κ3) is 4.22. The molecule has 0 radical (unpaired) electrons. The number of ether oxygens (including phenoxy) is 3. The van der Waals surface area contributed by atoms with Gasteiger partial charge >= 0.3 is 0 Å². The Morgan fingerprint density at radius 1 is 1.35 bits per heavy atom. The van der Waals surface area contributed by atoms with Gasteiger partial charge in [0, 0.05) is 31.3 Å². The molecule has 1 aromatic rings. The maximum Gasteiger partial charge on any atom is 0.213 e. The van der Waals surface area contributed by atoms with Crippen molar-refractivity contribution in [2.45, 2.75) is 70.4 Å². The first-order valence-electron chi connectivity index (χ1n) is 8.47. The molecule has 5 nitrogen and oxygen atoms in total. The van der Waals surface area contributed by atoms with E-state index in [1.807, 2.05) is 18.3 Å². The topological polar surface area (TPSA) is 52.6 Å². The van der Waals surface area contributed by atoms with E-state index in [1.54, 1.807) is 0 Å². The lowest BCUT2D eigenvalue weighted by Gasteiger charge is -2.28. The first-order chi connectivity index (χ1) is 10.8. The fourth-order valence-corrected chi connectivity index (χ4v) is 3.52. The summed E-state index contributed by atoms with van der Waals surface area (Å²) in [5.41, 5.74) is 0.946. The fraction of sp³-hybridized carbons (Fsp3) is 0.722. The van der Waals surface area contributed by atoms with Crippen molar-refractivity contribution in [2.75, 3.05) is 13.2 Å². The van der Waals surface area contributed by atoms with E-state index in [-0.39, 0.29) is 17.3 Å². The van der Waals surface area contributed by atoms with Gasteiger partial charge in [0.25, 0.3) is 0 Å². The van der Waals surface area contributed by atoms with Crippen molar-refractivity contribution < 1.29 is 14.2 Å². The van der Waals surface area contributed by atoms with E-state index in [0.29, 0.717) is 18.5 Å². The van der Waals surface area contributed by atoms with E-state index < -0.39 is 0 Å². The predicted octanol–water partition coefficient (Wildman–Crippen LogP) is 2.69. The lowest BCUT2D eigenvalue weighted by molar-refractivity contribution is -0.0699. The normalized spacial score (nSPS) is 28.9. The minimum Gasteiger partial charge on any atom is -0.472 e. The molecule has 0 amide bonds. The Morgan fingerprint density at radius 2 is 2.17 bits per heavy atom. The van der Waals surface area contributed by atoms with E-state index in [9.17, 15) is 0 Å². The summed E-state index contributed by atoms with van der Waals surface area (Å²) in [6, 6.07) is 4.37. The number of nitrogens with one attached hydrogen (secondary N) is 1. The molecule has 128 valence electrons. The first kappa shape index (κ1) is 16.7. The van der Waals surface area contributed by atoms with Crippen LogP contribution in [-0.2, 0) is 16.0 Å². The molecule has 3 heterocycles. The molecule has 2 atom stereocenters. The van der Waals surface area contributed by atoms with Crippen LogP contribution in [0.3, 0.4) is 0 Å². The Bertz CT molecular complexity index is 539. The highest BCUT2D eigenvalue weighted by atomic mass is 16.5. The molecule has 23 heavy (non-hydrogen) atoms. The second-order valence-electron chi connectivity index (χ2n) is 7.71. The number of hydrogen-bond acceptors (Lipinski definition) is 5. The number of rotatable bonds is 5. The first-order valence-corrected chi connectivity index (χ1v) is 8.47. The summed E-state index contributed by atoms with van der Waals surface area (Å²) in [6.07, 6.45) is 3.89. The summed E-state index contributed by atoms with van der Waals surface area (Å²) < 4.78 is 17.3. The molecule has 1 aromatic heterocycles. The minimum absolute atomic E-state index is 0.0733. The smallest absolute Gasteiger partial charge is 0.213 e. The van der Waals surface area contributed by atoms with Crippen LogP contribution in [0.4, 0.5) is 0 Å². The standard InChI is InChI=1S/C18H28N2O3/c1-17(2)10-15(18(3,4)23-17)20-11-13-5-7-19-16(9-13)22-14-6-8-21-12-14/h5,7,9,14-15,20H,6,8,10-12H2,1-4H3/t14-,15+/m0/s1. The van der Waals surface area contributed by atoms with Crippen molar-refractivity contribution >= 4 is 0 Å². The third-order valence-electron chi connectivity index (χ3n) is 4.60. The Balaban J connectivity index is 1.58. The summed E-state index contributed by atoms with van der Waals surface area (Å²) in [7, 11) is 0. The van der Waals surface area contributed by atoms with Gasteiger partial charge in [-0.1, -0.05) is 0 Å². The van der Waals surface area contributed by atoms with Crippen LogP contribution in [0.5, 0.6) is 5.88 Å². The van der Waals surface area contributed by atoms with Gasteiger partial charge in [-0.3, -0.25) is 0 Å². The largest absolute Gasteiger partial charge is 0.472 e. The molecular formula is C18H28N2O3. The van der Waals surface area contributed by atoms with Crippen LogP contribution in [0.25, 0.3) is 0 Å². The Labute approximate surface area is 138 Å². The molecule has 2 aliphatic rings. The van der Waals surface area contributed by atoms with Crippen LogP contribution in [0.15, 0.2) is 18.3 Å². The summed E-state index contributed by atoms with van der Waals surface area (Å²) in [4.78, 5) is 4.30. The van der Waals surface area contributed by atoms with Crippen molar-refractivity contribution in [3.8, 4) is 5.88 Å². The van der Waals surface area contributed by atoms with Crippen molar-refractivity contribution in [1.29, 1.82) is 0 Å². The molecule has 0 spiro atoms. The van der Waals surface area contributed by atoms with Gasteiger partial charge in [-0.25, -0.2) is 4.98 Å². The van der Waals surface area contributed by atoms with Crippen LogP contribution in [0.1, 0.15) is 46.1 Å². The van der Waals surface area contributed by atoms with Gasteiger partial charge in [-0.15, -0.1) is 0 Å². The zero-order valence-corrected chi connectivity index (χ0v) is 14.6. The maximum absolute atomic E-state index is 6.14. The quantitative estimate of drug-likeness (QED) is 0.904. The predicted molar refractivity (Wildman–Crippen MR) is 88.6 cm³/mol. The number of hydrogen-bond donors (Lipinski definition) is 1. The molecule has 2 fully saturated rings. The molecule has 1 N–H and O–H groups in total. The highest BCUT2D eigenvalue weighted by Crippen LogP contribution is 2.37. The summed E-state index contributed by atoms with van der Waals surface area (Å²) >= 11 is 0. The number of aromatic nitrogens is 1. The highest BCUT2D eigenvalue weighted by molar-refractivity contribution is 5.21.